The zero-order valence-corrected chi connectivity index (χ0v) is 21.8. The molecule has 3 aliphatic rings. The summed E-state index contributed by atoms with van der Waals surface area (Å²) in [4.78, 5) is 41.8. The number of benzene rings is 1. The number of carbonyl (C=O) groups is 3. The van der Waals surface area contributed by atoms with Crippen molar-refractivity contribution in [3.05, 3.63) is 23.3 Å². The lowest BCUT2D eigenvalue weighted by atomic mass is 10.00. The van der Waals surface area contributed by atoms with Gasteiger partial charge in [0.1, 0.15) is 5.60 Å². The van der Waals surface area contributed by atoms with Gasteiger partial charge in [0.25, 0.3) is 5.91 Å². The third-order valence-corrected chi connectivity index (χ3v) is 8.49. The minimum absolute atomic E-state index is 0.165. The van der Waals surface area contributed by atoms with Crippen molar-refractivity contribution in [3.8, 4) is 0 Å². The molecule has 1 aromatic carbocycles. The van der Waals surface area contributed by atoms with Crippen LogP contribution in [-0.4, -0.2) is 64.2 Å². The second-order valence-electron chi connectivity index (χ2n) is 10.8. The summed E-state index contributed by atoms with van der Waals surface area (Å²) in [6.45, 7) is 5.87. The van der Waals surface area contributed by atoms with E-state index < -0.39 is 45.7 Å². The van der Waals surface area contributed by atoms with Crippen molar-refractivity contribution >= 4 is 35.4 Å². The SMILES string of the molecule is CN(C(=O)c1cc2c(cc1C(F)(F)F)SC1(CCCC1)C(=O)N2)[C@@H]1CCCN(C(=O)OC(C)(C)C)C1. The number of thioether (sulfide) groups is 1. The minimum Gasteiger partial charge on any atom is -0.444 e. The second-order valence-corrected chi connectivity index (χ2v) is 12.2. The normalized spacial score (nSPS) is 21.7. The van der Waals surface area contributed by atoms with Gasteiger partial charge < -0.3 is 19.9 Å². The molecule has 3 amide bonds. The van der Waals surface area contributed by atoms with E-state index in [-0.39, 0.29) is 18.1 Å². The molecule has 0 unspecified atom stereocenters. The number of hydrogen-bond acceptors (Lipinski definition) is 5. The Labute approximate surface area is 213 Å². The Kier molecular flexibility index (Phi) is 7.00. The van der Waals surface area contributed by atoms with E-state index >= 15 is 0 Å². The Hall–Kier alpha value is -2.43. The van der Waals surface area contributed by atoms with E-state index in [1.54, 1.807) is 20.8 Å². The van der Waals surface area contributed by atoms with Crippen molar-refractivity contribution in [2.45, 2.75) is 86.8 Å². The molecule has 1 saturated carbocycles. The van der Waals surface area contributed by atoms with E-state index in [0.29, 0.717) is 37.1 Å². The second kappa shape index (κ2) is 9.46. The van der Waals surface area contributed by atoms with Crippen molar-refractivity contribution in [2.24, 2.45) is 0 Å². The van der Waals surface area contributed by atoms with Crippen LogP contribution in [-0.2, 0) is 15.7 Å². The van der Waals surface area contributed by atoms with E-state index in [2.05, 4.69) is 5.32 Å². The highest BCUT2D eigenvalue weighted by molar-refractivity contribution is 8.01. The standard InChI is InChI=1S/C25H32F3N3O4S/c1-23(2,3)35-22(34)31-11-7-8-15(14-31)30(4)20(32)16-12-18-19(13-17(16)25(26,27)28)36-24(21(33)29-18)9-5-6-10-24/h12-13,15H,5-11,14H2,1-4H3,(H,29,33)/t15-/m1/s1. The summed E-state index contributed by atoms with van der Waals surface area (Å²) >= 11 is 1.18. The summed E-state index contributed by atoms with van der Waals surface area (Å²) in [5, 5.41) is 2.76. The lowest BCUT2D eigenvalue weighted by Crippen LogP contribution is -2.51. The molecule has 198 valence electrons. The number of nitrogens with one attached hydrogen (secondary N) is 1. The molecule has 1 aromatic rings. The number of amides is 3. The smallest absolute Gasteiger partial charge is 0.417 e. The molecular formula is C25H32F3N3O4S. The molecule has 2 fully saturated rings. The van der Waals surface area contributed by atoms with Gasteiger partial charge in [0.2, 0.25) is 5.91 Å². The summed E-state index contributed by atoms with van der Waals surface area (Å²) in [6, 6.07) is 1.67. The van der Waals surface area contributed by atoms with Crippen LogP contribution in [0.25, 0.3) is 0 Å². The number of halogens is 3. The summed E-state index contributed by atoms with van der Waals surface area (Å²) in [6.07, 6.45) is -1.20. The number of likely N-dealkylation sites (tertiary alicyclic amines) is 1. The monoisotopic (exact) mass is 527 g/mol. The van der Waals surface area contributed by atoms with Crippen LogP contribution in [0.15, 0.2) is 17.0 Å². The van der Waals surface area contributed by atoms with Crippen LogP contribution in [0.1, 0.15) is 75.2 Å². The van der Waals surface area contributed by atoms with E-state index in [0.717, 1.165) is 25.0 Å². The van der Waals surface area contributed by atoms with Gasteiger partial charge in [-0.3, -0.25) is 9.59 Å². The summed E-state index contributed by atoms with van der Waals surface area (Å²) in [5.74, 6) is -1.02. The van der Waals surface area contributed by atoms with Gasteiger partial charge in [-0.05, 0) is 58.6 Å². The van der Waals surface area contributed by atoms with Crippen molar-refractivity contribution in [1.82, 2.24) is 9.80 Å². The molecule has 0 aromatic heterocycles. The molecular weight excluding hydrogens is 495 g/mol. The Bertz CT molecular complexity index is 1060. The van der Waals surface area contributed by atoms with Crippen molar-refractivity contribution in [1.29, 1.82) is 0 Å². The number of anilines is 1. The van der Waals surface area contributed by atoms with Crippen LogP contribution < -0.4 is 5.32 Å². The quantitative estimate of drug-likeness (QED) is 0.547. The van der Waals surface area contributed by atoms with Gasteiger partial charge in [0.15, 0.2) is 0 Å². The first-order valence-corrected chi connectivity index (χ1v) is 13.0. The summed E-state index contributed by atoms with van der Waals surface area (Å²) in [5.41, 5.74) is -1.99. The predicted molar refractivity (Wildman–Crippen MR) is 130 cm³/mol. The number of likely N-dealkylation sites (N-methyl/N-ethyl adjacent to an activating group) is 1. The zero-order chi connectivity index (χ0) is 26.5. The lowest BCUT2D eigenvalue weighted by molar-refractivity contribution is -0.138. The first-order chi connectivity index (χ1) is 16.7. The molecule has 1 spiro atoms. The molecule has 0 bridgehead atoms. The van der Waals surface area contributed by atoms with Gasteiger partial charge >= 0.3 is 12.3 Å². The van der Waals surface area contributed by atoms with Crippen LogP contribution in [0.5, 0.6) is 0 Å². The zero-order valence-electron chi connectivity index (χ0n) is 21.0. The van der Waals surface area contributed by atoms with E-state index in [4.69, 9.17) is 4.74 Å². The average Bonchev–Trinajstić information content (AvgIpc) is 3.26. The number of rotatable bonds is 2. The third-order valence-electron chi connectivity index (χ3n) is 6.95. The highest BCUT2D eigenvalue weighted by Gasteiger charge is 2.47. The fourth-order valence-electron chi connectivity index (χ4n) is 5.06. The third kappa shape index (κ3) is 5.31. The number of ether oxygens (including phenoxy) is 1. The Morgan fingerprint density at radius 1 is 1.17 bits per heavy atom. The summed E-state index contributed by atoms with van der Waals surface area (Å²) in [7, 11) is 1.45. The van der Waals surface area contributed by atoms with E-state index in [1.165, 1.54) is 28.6 Å². The highest BCUT2D eigenvalue weighted by Crippen LogP contribution is 2.52. The van der Waals surface area contributed by atoms with Crippen LogP contribution >= 0.6 is 11.8 Å². The van der Waals surface area contributed by atoms with E-state index in [9.17, 15) is 27.6 Å². The molecule has 1 aliphatic carbocycles. The molecule has 2 aliphatic heterocycles. The number of nitrogens with zero attached hydrogens (tertiary/aromatic N) is 2. The van der Waals surface area contributed by atoms with Crippen LogP contribution in [0.4, 0.5) is 23.7 Å². The van der Waals surface area contributed by atoms with Gasteiger partial charge in [-0.1, -0.05) is 12.8 Å². The number of carbonyl (C=O) groups excluding carboxylic acids is 3. The van der Waals surface area contributed by atoms with E-state index in [1.807, 2.05) is 0 Å². The van der Waals surface area contributed by atoms with Crippen LogP contribution in [0.2, 0.25) is 0 Å². The largest absolute Gasteiger partial charge is 0.444 e. The lowest BCUT2D eigenvalue weighted by Gasteiger charge is -2.38. The number of piperidine rings is 1. The van der Waals surface area contributed by atoms with Crippen LogP contribution in [0, 0.1) is 0 Å². The van der Waals surface area contributed by atoms with Gasteiger partial charge in [-0.2, -0.15) is 13.2 Å². The maximum Gasteiger partial charge on any atom is 0.417 e. The Morgan fingerprint density at radius 2 is 1.83 bits per heavy atom. The van der Waals surface area contributed by atoms with Gasteiger partial charge in [0, 0.05) is 31.1 Å². The number of fused-ring (bicyclic) bond motifs is 1. The molecule has 2 heterocycles. The van der Waals surface area contributed by atoms with Crippen molar-refractivity contribution in [2.75, 3.05) is 25.5 Å². The van der Waals surface area contributed by atoms with Gasteiger partial charge in [0.05, 0.1) is 21.6 Å². The van der Waals surface area contributed by atoms with Gasteiger partial charge in [-0.25, -0.2) is 4.79 Å². The maximum atomic E-state index is 14.1. The fraction of sp³-hybridized carbons (Fsp3) is 0.640. The minimum atomic E-state index is -4.75. The van der Waals surface area contributed by atoms with Crippen LogP contribution in [0.3, 0.4) is 0 Å². The number of hydrogen-bond donors (Lipinski definition) is 1. The van der Waals surface area contributed by atoms with Crippen molar-refractivity contribution in [3.63, 3.8) is 0 Å². The average molecular weight is 528 g/mol. The maximum absolute atomic E-state index is 14.1. The molecule has 1 N–H and O–H groups in total. The predicted octanol–water partition coefficient (Wildman–Crippen LogP) is 5.53. The topological polar surface area (TPSA) is 79.0 Å². The Balaban J connectivity index is 1.60. The number of alkyl halides is 3. The molecule has 36 heavy (non-hydrogen) atoms. The first kappa shape index (κ1) is 26.6. The Morgan fingerprint density at radius 3 is 2.44 bits per heavy atom. The molecule has 4 rings (SSSR count). The fourth-order valence-corrected chi connectivity index (χ4v) is 6.51. The first-order valence-electron chi connectivity index (χ1n) is 12.2. The molecule has 1 atom stereocenters. The molecule has 1 saturated heterocycles. The van der Waals surface area contributed by atoms with Crippen molar-refractivity contribution < 1.29 is 32.3 Å². The van der Waals surface area contributed by atoms with Gasteiger partial charge in [-0.15, -0.1) is 11.8 Å². The summed E-state index contributed by atoms with van der Waals surface area (Å²) < 4.78 is 47.0. The molecule has 11 heteroatoms. The molecule has 7 nitrogen and oxygen atoms in total. The highest BCUT2D eigenvalue weighted by atomic mass is 32.2. The molecule has 0 radical (unpaired) electrons.